The number of para-hydroxylation sites is 1. The minimum absolute atomic E-state index is 0.184. The first-order valence-corrected chi connectivity index (χ1v) is 7.22. The van der Waals surface area contributed by atoms with Gasteiger partial charge in [-0.15, -0.1) is 0 Å². The monoisotopic (exact) mass is 347 g/mol. The topological polar surface area (TPSA) is 64.9 Å². The van der Waals surface area contributed by atoms with Crippen LogP contribution in [0.2, 0.25) is 5.02 Å². The minimum Gasteiger partial charge on any atom is -0.355 e. The van der Waals surface area contributed by atoms with E-state index in [1.54, 1.807) is 30.3 Å². The van der Waals surface area contributed by atoms with E-state index >= 15 is 0 Å². The summed E-state index contributed by atoms with van der Waals surface area (Å²) in [7, 11) is 0. The van der Waals surface area contributed by atoms with Gasteiger partial charge in [0.15, 0.2) is 0 Å². The van der Waals surface area contributed by atoms with Crippen molar-refractivity contribution in [1.29, 1.82) is 5.26 Å². The Morgan fingerprint density at radius 1 is 1.17 bits per heavy atom. The molecular weight excluding hydrogens is 336 g/mol. The third-order valence-corrected chi connectivity index (χ3v) is 3.31. The van der Waals surface area contributed by atoms with Crippen LogP contribution in [0, 0.1) is 23.0 Å². The summed E-state index contributed by atoms with van der Waals surface area (Å²) in [4.78, 5) is 12.0. The SMILES string of the molecule is N#C/C(=C/Nc1c(F)cccc1F)C(=O)NCc1ccc(Cl)cc1. The van der Waals surface area contributed by atoms with E-state index in [9.17, 15) is 13.6 Å². The summed E-state index contributed by atoms with van der Waals surface area (Å²) in [5.41, 5.74) is 0.0421. The number of nitriles is 1. The van der Waals surface area contributed by atoms with Crippen LogP contribution in [0.4, 0.5) is 14.5 Å². The van der Waals surface area contributed by atoms with E-state index in [4.69, 9.17) is 16.9 Å². The number of carbonyl (C=O) groups excluding carboxylic acids is 1. The molecule has 0 atom stereocenters. The number of nitrogens with one attached hydrogen (secondary N) is 2. The molecule has 122 valence electrons. The quantitative estimate of drug-likeness (QED) is 0.639. The second kappa shape index (κ2) is 8.09. The fourth-order valence-electron chi connectivity index (χ4n) is 1.81. The van der Waals surface area contributed by atoms with E-state index in [1.165, 1.54) is 6.07 Å². The number of carbonyl (C=O) groups is 1. The molecule has 0 fully saturated rings. The van der Waals surface area contributed by atoms with Crippen molar-refractivity contribution < 1.29 is 13.6 Å². The van der Waals surface area contributed by atoms with E-state index in [-0.39, 0.29) is 12.1 Å². The van der Waals surface area contributed by atoms with Crippen LogP contribution in [-0.4, -0.2) is 5.91 Å². The summed E-state index contributed by atoms with van der Waals surface area (Å²) < 4.78 is 27.0. The molecule has 0 saturated heterocycles. The zero-order valence-electron chi connectivity index (χ0n) is 12.3. The Morgan fingerprint density at radius 2 is 1.79 bits per heavy atom. The highest BCUT2D eigenvalue weighted by Gasteiger charge is 2.11. The summed E-state index contributed by atoms with van der Waals surface area (Å²) in [6, 6.07) is 11.8. The normalized spacial score (nSPS) is 10.8. The van der Waals surface area contributed by atoms with Crippen LogP contribution < -0.4 is 10.6 Å². The van der Waals surface area contributed by atoms with Crippen molar-refractivity contribution >= 4 is 23.2 Å². The molecule has 0 radical (unpaired) electrons. The van der Waals surface area contributed by atoms with Gasteiger partial charge in [-0.1, -0.05) is 29.8 Å². The molecule has 0 aliphatic heterocycles. The van der Waals surface area contributed by atoms with Gasteiger partial charge in [-0.25, -0.2) is 8.78 Å². The largest absolute Gasteiger partial charge is 0.355 e. The molecule has 0 spiro atoms. The Hall–Kier alpha value is -2.91. The van der Waals surface area contributed by atoms with Gasteiger partial charge in [0.05, 0.1) is 0 Å². The van der Waals surface area contributed by atoms with Gasteiger partial charge >= 0.3 is 0 Å². The van der Waals surface area contributed by atoms with Crippen LogP contribution in [0.3, 0.4) is 0 Å². The Balaban J connectivity index is 2.03. The smallest absolute Gasteiger partial charge is 0.263 e. The van der Waals surface area contributed by atoms with Crippen molar-refractivity contribution in [2.24, 2.45) is 0 Å². The van der Waals surface area contributed by atoms with Crippen molar-refractivity contribution in [2.75, 3.05) is 5.32 Å². The predicted octanol–water partition coefficient (Wildman–Crippen LogP) is 3.75. The van der Waals surface area contributed by atoms with Crippen molar-refractivity contribution in [3.63, 3.8) is 0 Å². The average molecular weight is 348 g/mol. The maximum Gasteiger partial charge on any atom is 0.263 e. The third-order valence-electron chi connectivity index (χ3n) is 3.06. The number of nitrogens with zero attached hydrogens (tertiary/aromatic N) is 1. The van der Waals surface area contributed by atoms with Crippen LogP contribution in [0.25, 0.3) is 0 Å². The van der Waals surface area contributed by atoms with Gasteiger partial charge in [-0.2, -0.15) is 5.26 Å². The first kappa shape index (κ1) is 17.4. The zero-order chi connectivity index (χ0) is 17.5. The number of hydrogen-bond acceptors (Lipinski definition) is 3. The van der Waals surface area contributed by atoms with Crippen LogP contribution in [0.5, 0.6) is 0 Å². The molecule has 0 saturated carbocycles. The number of benzene rings is 2. The second-order valence-corrected chi connectivity index (χ2v) is 5.16. The lowest BCUT2D eigenvalue weighted by molar-refractivity contribution is -0.117. The molecule has 0 bridgehead atoms. The molecule has 0 aromatic heterocycles. The van der Waals surface area contributed by atoms with E-state index in [0.717, 1.165) is 23.9 Å². The Bertz CT molecular complexity index is 793. The summed E-state index contributed by atoms with van der Waals surface area (Å²) >= 11 is 5.76. The molecule has 24 heavy (non-hydrogen) atoms. The van der Waals surface area contributed by atoms with Crippen LogP contribution in [0.1, 0.15) is 5.56 Å². The van der Waals surface area contributed by atoms with Gasteiger partial charge in [0.1, 0.15) is 29.0 Å². The van der Waals surface area contributed by atoms with Gasteiger partial charge in [-0.05, 0) is 29.8 Å². The maximum absolute atomic E-state index is 13.5. The van der Waals surface area contributed by atoms with Crippen molar-refractivity contribution in [3.8, 4) is 6.07 Å². The van der Waals surface area contributed by atoms with Crippen molar-refractivity contribution in [2.45, 2.75) is 6.54 Å². The Labute approximate surface area is 142 Å². The average Bonchev–Trinajstić information content (AvgIpc) is 2.57. The molecule has 0 heterocycles. The van der Waals surface area contributed by atoms with Crippen molar-refractivity contribution in [3.05, 3.63) is 76.5 Å². The maximum atomic E-state index is 13.5. The Morgan fingerprint density at radius 3 is 2.38 bits per heavy atom. The third kappa shape index (κ3) is 4.54. The minimum atomic E-state index is -0.829. The number of rotatable bonds is 5. The van der Waals surface area contributed by atoms with Gasteiger partial charge in [-0.3, -0.25) is 4.79 Å². The molecular formula is C17H12ClF2N3O. The van der Waals surface area contributed by atoms with E-state index in [1.807, 2.05) is 0 Å². The van der Waals surface area contributed by atoms with Gasteiger partial charge < -0.3 is 10.6 Å². The molecule has 2 aromatic carbocycles. The molecule has 0 aliphatic rings. The van der Waals surface area contributed by atoms with Gasteiger partial charge in [0.25, 0.3) is 5.91 Å². The lowest BCUT2D eigenvalue weighted by Gasteiger charge is -2.07. The fourth-order valence-corrected chi connectivity index (χ4v) is 1.93. The molecule has 7 heteroatoms. The van der Waals surface area contributed by atoms with Gasteiger partial charge in [0, 0.05) is 17.8 Å². The zero-order valence-corrected chi connectivity index (χ0v) is 13.1. The molecule has 2 N–H and O–H groups in total. The molecule has 2 rings (SSSR count). The molecule has 2 aromatic rings. The number of anilines is 1. The molecule has 0 unspecified atom stereocenters. The number of amides is 1. The first-order valence-electron chi connectivity index (χ1n) is 6.84. The molecule has 1 amide bonds. The van der Waals surface area contributed by atoms with E-state index in [0.29, 0.717) is 5.02 Å². The van der Waals surface area contributed by atoms with Gasteiger partial charge in [0.2, 0.25) is 0 Å². The lowest BCUT2D eigenvalue weighted by Crippen LogP contribution is -2.24. The summed E-state index contributed by atoms with van der Waals surface area (Å²) in [5.74, 6) is -2.33. The fraction of sp³-hybridized carbons (Fsp3) is 0.0588. The highest BCUT2D eigenvalue weighted by Crippen LogP contribution is 2.18. The van der Waals surface area contributed by atoms with Crippen LogP contribution in [-0.2, 0) is 11.3 Å². The van der Waals surface area contributed by atoms with Crippen LogP contribution in [0.15, 0.2) is 54.2 Å². The number of halogens is 3. The summed E-state index contributed by atoms with van der Waals surface area (Å²) in [5, 5.41) is 14.4. The van der Waals surface area contributed by atoms with E-state index < -0.39 is 23.2 Å². The Kier molecular flexibility index (Phi) is 5.88. The highest BCUT2D eigenvalue weighted by molar-refractivity contribution is 6.30. The highest BCUT2D eigenvalue weighted by atomic mass is 35.5. The predicted molar refractivity (Wildman–Crippen MR) is 87.0 cm³/mol. The lowest BCUT2D eigenvalue weighted by atomic mass is 10.2. The standard InChI is InChI=1S/C17H12ClF2N3O/c18-13-6-4-11(5-7-13)9-23-17(24)12(8-21)10-22-16-14(19)2-1-3-15(16)20/h1-7,10,22H,9H2,(H,23,24)/b12-10-. The summed E-state index contributed by atoms with van der Waals surface area (Å²) in [6.45, 7) is 0.184. The number of hydrogen-bond donors (Lipinski definition) is 2. The van der Waals surface area contributed by atoms with Crippen LogP contribution >= 0.6 is 11.6 Å². The second-order valence-electron chi connectivity index (χ2n) is 4.72. The first-order chi connectivity index (χ1) is 11.5. The molecule has 4 nitrogen and oxygen atoms in total. The van der Waals surface area contributed by atoms with Crippen molar-refractivity contribution in [1.82, 2.24) is 5.32 Å². The van der Waals surface area contributed by atoms with E-state index in [2.05, 4.69) is 10.6 Å². The summed E-state index contributed by atoms with van der Waals surface area (Å²) in [6.07, 6.45) is 0.957. The molecule has 0 aliphatic carbocycles.